The van der Waals surface area contributed by atoms with E-state index in [0.29, 0.717) is 13.0 Å². The number of nitrogens with zero attached hydrogens (tertiary/aromatic N) is 2. The van der Waals surface area contributed by atoms with Crippen LogP contribution in [0.5, 0.6) is 0 Å². The van der Waals surface area contributed by atoms with Crippen LogP contribution in [0.25, 0.3) is 0 Å². The number of non-ortho nitro benzene ring substituents is 1. The highest BCUT2D eigenvalue weighted by Crippen LogP contribution is 2.15. The Bertz CT molecular complexity index is 502. The second kappa shape index (κ2) is 10.0. The van der Waals surface area contributed by atoms with E-state index in [-0.39, 0.29) is 24.0 Å². The molecular formula is C15H23ClN4O3. The highest BCUT2D eigenvalue weighted by molar-refractivity contribution is 5.85. The highest BCUT2D eigenvalue weighted by atomic mass is 35.5. The lowest BCUT2D eigenvalue weighted by Crippen LogP contribution is -2.34. The van der Waals surface area contributed by atoms with Crippen molar-refractivity contribution in [1.29, 1.82) is 0 Å². The van der Waals surface area contributed by atoms with Crippen LogP contribution in [0.3, 0.4) is 0 Å². The quantitative estimate of drug-likeness (QED) is 0.469. The van der Waals surface area contributed by atoms with Crippen molar-refractivity contribution >= 4 is 29.7 Å². The molecule has 8 heteroatoms. The van der Waals surface area contributed by atoms with Crippen molar-refractivity contribution in [2.75, 3.05) is 38.0 Å². The Balaban J connectivity index is 0.00000264. The minimum atomic E-state index is -0.418. The van der Waals surface area contributed by atoms with Crippen molar-refractivity contribution in [1.82, 2.24) is 10.2 Å². The summed E-state index contributed by atoms with van der Waals surface area (Å²) in [4.78, 5) is 24.1. The fourth-order valence-electron chi connectivity index (χ4n) is 2.43. The summed E-state index contributed by atoms with van der Waals surface area (Å²) in [7, 11) is 0. The molecule has 23 heavy (non-hydrogen) atoms. The normalized spacial score (nSPS) is 14.5. The zero-order chi connectivity index (χ0) is 15.8. The number of carbonyl (C=O) groups is 1. The molecule has 0 aromatic heterocycles. The molecule has 128 valence electrons. The van der Waals surface area contributed by atoms with Crippen LogP contribution in [-0.4, -0.2) is 48.5 Å². The van der Waals surface area contributed by atoms with Gasteiger partial charge in [-0.1, -0.05) is 0 Å². The molecule has 1 saturated heterocycles. The van der Waals surface area contributed by atoms with Gasteiger partial charge in [-0.05, 0) is 31.5 Å². The topological polar surface area (TPSA) is 87.5 Å². The molecule has 1 heterocycles. The van der Waals surface area contributed by atoms with Crippen molar-refractivity contribution in [2.24, 2.45) is 0 Å². The predicted molar refractivity (Wildman–Crippen MR) is 92.1 cm³/mol. The van der Waals surface area contributed by atoms with Crippen molar-refractivity contribution in [2.45, 2.75) is 19.3 Å². The number of anilines is 1. The Labute approximate surface area is 142 Å². The van der Waals surface area contributed by atoms with Gasteiger partial charge >= 0.3 is 0 Å². The molecule has 0 bridgehead atoms. The van der Waals surface area contributed by atoms with Crippen LogP contribution in [0.15, 0.2) is 24.3 Å². The molecule has 0 atom stereocenters. The van der Waals surface area contributed by atoms with E-state index in [9.17, 15) is 14.9 Å². The highest BCUT2D eigenvalue weighted by Gasteiger charge is 2.14. The average molecular weight is 343 g/mol. The standard InChI is InChI=1S/C15H22N4O3.ClH/c20-15(18-11-2-8-16-10-12-18)3-1-9-17-13-4-6-14(7-5-13)19(21)22;/h4-7,16-17H,1-3,8-12H2;1H. The molecule has 0 unspecified atom stereocenters. The van der Waals surface area contributed by atoms with E-state index in [1.54, 1.807) is 12.1 Å². The van der Waals surface area contributed by atoms with Crippen molar-refractivity contribution < 1.29 is 9.72 Å². The third kappa shape index (κ3) is 6.42. The van der Waals surface area contributed by atoms with Crippen LogP contribution in [0, 0.1) is 10.1 Å². The summed E-state index contributed by atoms with van der Waals surface area (Å²) in [6.45, 7) is 4.14. The van der Waals surface area contributed by atoms with E-state index in [1.165, 1.54) is 12.1 Å². The molecule has 1 fully saturated rings. The number of nitrogens with one attached hydrogen (secondary N) is 2. The third-order valence-corrected chi connectivity index (χ3v) is 3.67. The van der Waals surface area contributed by atoms with Crippen LogP contribution < -0.4 is 10.6 Å². The number of nitro groups is 1. The van der Waals surface area contributed by atoms with Gasteiger partial charge in [0.1, 0.15) is 0 Å². The van der Waals surface area contributed by atoms with Crippen LogP contribution in [0.4, 0.5) is 11.4 Å². The van der Waals surface area contributed by atoms with E-state index in [0.717, 1.165) is 44.7 Å². The lowest BCUT2D eigenvalue weighted by atomic mass is 10.2. The molecule has 2 rings (SSSR count). The fraction of sp³-hybridized carbons (Fsp3) is 0.533. The summed E-state index contributed by atoms with van der Waals surface area (Å²) in [5.41, 5.74) is 0.910. The second-order valence-electron chi connectivity index (χ2n) is 5.32. The first-order valence-electron chi connectivity index (χ1n) is 7.63. The number of hydrogen-bond acceptors (Lipinski definition) is 5. The van der Waals surface area contributed by atoms with Gasteiger partial charge < -0.3 is 15.5 Å². The maximum atomic E-state index is 12.1. The Kier molecular flexibility index (Phi) is 8.36. The Morgan fingerprint density at radius 1 is 1.26 bits per heavy atom. The zero-order valence-electron chi connectivity index (χ0n) is 13.0. The Morgan fingerprint density at radius 2 is 2.00 bits per heavy atom. The van der Waals surface area contributed by atoms with E-state index in [1.807, 2.05) is 4.90 Å². The molecule has 7 nitrogen and oxygen atoms in total. The van der Waals surface area contributed by atoms with Gasteiger partial charge in [0.05, 0.1) is 4.92 Å². The minimum Gasteiger partial charge on any atom is -0.385 e. The lowest BCUT2D eigenvalue weighted by Gasteiger charge is -2.19. The molecule has 0 aliphatic carbocycles. The number of halogens is 1. The molecule has 0 saturated carbocycles. The Hall–Kier alpha value is -1.86. The van der Waals surface area contributed by atoms with Gasteiger partial charge in [0.2, 0.25) is 5.91 Å². The van der Waals surface area contributed by atoms with E-state index in [4.69, 9.17) is 0 Å². The SMILES string of the molecule is Cl.O=C(CCCNc1ccc([N+](=O)[O-])cc1)N1CCCNCC1. The van der Waals surface area contributed by atoms with Crippen molar-refractivity contribution in [3.05, 3.63) is 34.4 Å². The number of rotatable bonds is 6. The number of hydrogen-bond donors (Lipinski definition) is 2. The fourth-order valence-corrected chi connectivity index (χ4v) is 2.43. The van der Waals surface area contributed by atoms with Crippen LogP contribution in [0.2, 0.25) is 0 Å². The van der Waals surface area contributed by atoms with Crippen LogP contribution >= 0.6 is 12.4 Å². The van der Waals surface area contributed by atoms with E-state index < -0.39 is 4.92 Å². The third-order valence-electron chi connectivity index (χ3n) is 3.67. The smallest absolute Gasteiger partial charge is 0.269 e. The summed E-state index contributed by atoms with van der Waals surface area (Å²) in [5, 5.41) is 17.0. The van der Waals surface area contributed by atoms with Gasteiger partial charge in [0.15, 0.2) is 0 Å². The molecule has 1 aromatic rings. The van der Waals surface area contributed by atoms with Gasteiger partial charge in [-0.15, -0.1) is 12.4 Å². The van der Waals surface area contributed by atoms with Crippen LogP contribution in [0.1, 0.15) is 19.3 Å². The van der Waals surface area contributed by atoms with E-state index >= 15 is 0 Å². The maximum Gasteiger partial charge on any atom is 0.269 e. The molecule has 1 aliphatic rings. The van der Waals surface area contributed by atoms with Gasteiger partial charge in [-0.25, -0.2) is 0 Å². The zero-order valence-corrected chi connectivity index (χ0v) is 13.8. The second-order valence-corrected chi connectivity index (χ2v) is 5.32. The first-order valence-corrected chi connectivity index (χ1v) is 7.63. The summed E-state index contributed by atoms with van der Waals surface area (Å²) in [5.74, 6) is 0.203. The molecule has 1 aliphatic heterocycles. The summed E-state index contributed by atoms with van der Waals surface area (Å²) in [6.07, 6.45) is 2.28. The first kappa shape index (κ1) is 19.2. The van der Waals surface area contributed by atoms with E-state index in [2.05, 4.69) is 10.6 Å². The van der Waals surface area contributed by atoms with Gasteiger partial charge in [-0.2, -0.15) is 0 Å². The molecule has 1 amide bonds. The van der Waals surface area contributed by atoms with Gasteiger partial charge in [-0.3, -0.25) is 14.9 Å². The lowest BCUT2D eigenvalue weighted by molar-refractivity contribution is -0.384. The van der Waals surface area contributed by atoms with Crippen molar-refractivity contribution in [3.8, 4) is 0 Å². The number of carbonyl (C=O) groups excluding carboxylic acids is 1. The summed E-state index contributed by atoms with van der Waals surface area (Å²) < 4.78 is 0. The predicted octanol–water partition coefficient (Wildman–Crippen LogP) is 2.03. The van der Waals surface area contributed by atoms with Crippen molar-refractivity contribution in [3.63, 3.8) is 0 Å². The van der Waals surface area contributed by atoms with Gasteiger partial charge in [0.25, 0.3) is 5.69 Å². The summed E-state index contributed by atoms with van der Waals surface area (Å²) in [6, 6.07) is 6.30. The first-order chi connectivity index (χ1) is 10.7. The maximum absolute atomic E-state index is 12.1. The molecular weight excluding hydrogens is 320 g/mol. The number of nitro benzene ring substituents is 1. The molecule has 1 aromatic carbocycles. The van der Waals surface area contributed by atoms with Gasteiger partial charge in [0, 0.05) is 50.4 Å². The minimum absolute atomic E-state index is 0. The number of benzene rings is 1. The summed E-state index contributed by atoms with van der Waals surface area (Å²) >= 11 is 0. The molecule has 2 N–H and O–H groups in total. The monoisotopic (exact) mass is 342 g/mol. The largest absolute Gasteiger partial charge is 0.385 e. The number of amides is 1. The molecule has 0 radical (unpaired) electrons. The average Bonchev–Trinajstić information content (AvgIpc) is 2.81. The molecule has 0 spiro atoms. The van der Waals surface area contributed by atoms with Crippen LogP contribution in [-0.2, 0) is 4.79 Å². The Morgan fingerprint density at radius 3 is 2.70 bits per heavy atom.